The third-order valence-corrected chi connectivity index (χ3v) is 4.26. The van der Waals surface area contributed by atoms with Crippen molar-refractivity contribution in [3.63, 3.8) is 0 Å². The standard InChI is InChI=1S/C20H19FN2O2/c1-20(2)11-12-7-8-13(21)9-16(12)17(23-20)10-18(24)14-5-3-4-6-15(14)19(22)25/h3-9H,10-11H2,1-2H3,(H2,22,25). The van der Waals surface area contributed by atoms with Crippen LogP contribution in [0.1, 0.15) is 52.1 Å². The number of ketones is 1. The third-order valence-electron chi connectivity index (χ3n) is 4.26. The SMILES string of the molecule is CC1(C)Cc2ccc(F)cc2C(CC(=O)c2ccccc2C(N)=O)=N1. The Morgan fingerprint density at radius 1 is 1.16 bits per heavy atom. The summed E-state index contributed by atoms with van der Waals surface area (Å²) in [4.78, 5) is 29.0. The molecule has 0 radical (unpaired) electrons. The van der Waals surface area contributed by atoms with Gasteiger partial charge in [0.25, 0.3) is 0 Å². The lowest BCUT2D eigenvalue weighted by molar-refractivity contribution is 0.0967. The van der Waals surface area contributed by atoms with Gasteiger partial charge in [-0.1, -0.05) is 24.3 Å². The first kappa shape index (κ1) is 17.0. The Bertz CT molecular complexity index is 900. The molecule has 0 unspecified atom stereocenters. The normalized spacial score (nSPS) is 15.2. The van der Waals surface area contributed by atoms with E-state index >= 15 is 0 Å². The summed E-state index contributed by atoms with van der Waals surface area (Å²) in [5.74, 6) is -1.28. The Kier molecular flexibility index (Phi) is 4.25. The molecule has 25 heavy (non-hydrogen) atoms. The smallest absolute Gasteiger partial charge is 0.249 e. The van der Waals surface area contributed by atoms with Crippen LogP contribution in [0.15, 0.2) is 47.5 Å². The summed E-state index contributed by atoms with van der Waals surface area (Å²) in [6.07, 6.45) is 0.669. The van der Waals surface area contributed by atoms with Crippen molar-refractivity contribution in [3.8, 4) is 0 Å². The van der Waals surface area contributed by atoms with Crippen LogP contribution in [0.25, 0.3) is 0 Å². The highest BCUT2D eigenvalue weighted by Gasteiger charge is 2.28. The zero-order chi connectivity index (χ0) is 18.2. The molecule has 0 aliphatic carbocycles. The summed E-state index contributed by atoms with van der Waals surface area (Å²) >= 11 is 0. The summed E-state index contributed by atoms with van der Waals surface area (Å²) in [5.41, 5.74) is 7.59. The van der Waals surface area contributed by atoms with E-state index in [1.807, 2.05) is 13.8 Å². The van der Waals surface area contributed by atoms with E-state index in [0.717, 1.165) is 5.56 Å². The number of benzene rings is 2. The number of halogens is 1. The zero-order valence-electron chi connectivity index (χ0n) is 14.2. The first-order valence-corrected chi connectivity index (χ1v) is 8.06. The Morgan fingerprint density at radius 2 is 1.84 bits per heavy atom. The zero-order valence-corrected chi connectivity index (χ0v) is 14.2. The van der Waals surface area contributed by atoms with Gasteiger partial charge in [0.05, 0.1) is 17.7 Å². The van der Waals surface area contributed by atoms with Crippen molar-refractivity contribution in [3.05, 3.63) is 70.5 Å². The average Bonchev–Trinajstić information content (AvgIpc) is 2.54. The lowest BCUT2D eigenvalue weighted by Gasteiger charge is -2.29. The average molecular weight is 338 g/mol. The second-order valence-electron chi connectivity index (χ2n) is 6.86. The van der Waals surface area contributed by atoms with E-state index in [0.29, 0.717) is 17.7 Å². The fourth-order valence-corrected chi connectivity index (χ4v) is 3.23. The number of hydrogen-bond acceptors (Lipinski definition) is 3. The van der Waals surface area contributed by atoms with Gasteiger partial charge < -0.3 is 5.73 Å². The van der Waals surface area contributed by atoms with Gasteiger partial charge in [0, 0.05) is 16.7 Å². The molecule has 5 heteroatoms. The Balaban J connectivity index is 2.00. The topological polar surface area (TPSA) is 72.5 Å². The molecule has 2 N–H and O–H groups in total. The van der Waals surface area contributed by atoms with Gasteiger partial charge in [0.1, 0.15) is 5.82 Å². The van der Waals surface area contributed by atoms with E-state index in [1.54, 1.807) is 24.3 Å². The van der Waals surface area contributed by atoms with Crippen LogP contribution in [0.5, 0.6) is 0 Å². The number of fused-ring (bicyclic) bond motifs is 1. The van der Waals surface area contributed by atoms with Gasteiger partial charge in [-0.2, -0.15) is 0 Å². The molecule has 128 valence electrons. The van der Waals surface area contributed by atoms with E-state index < -0.39 is 5.91 Å². The molecule has 1 aliphatic rings. The van der Waals surface area contributed by atoms with E-state index in [2.05, 4.69) is 4.99 Å². The van der Waals surface area contributed by atoms with Crippen LogP contribution >= 0.6 is 0 Å². The minimum absolute atomic E-state index is 0.00975. The molecule has 4 nitrogen and oxygen atoms in total. The number of aliphatic imine (C=N–C) groups is 1. The minimum atomic E-state index is -0.652. The van der Waals surface area contributed by atoms with Crippen LogP contribution in [-0.2, 0) is 6.42 Å². The minimum Gasteiger partial charge on any atom is -0.366 e. The fourth-order valence-electron chi connectivity index (χ4n) is 3.23. The first-order chi connectivity index (χ1) is 11.8. The predicted molar refractivity (Wildman–Crippen MR) is 94.6 cm³/mol. The van der Waals surface area contributed by atoms with Crippen molar-refractivity contribution < 1.29 is 14.0 Å². The van der Waals surface area contributed by atoms with Gasteiger partial charge in [-0.15, -0.1) is 0 Å². The van der Waals surface area contributed by atoms with Crippen LogP contribution in [0.3, 0.4) is 0 Å². The molecule has 1 heterocycles. The molecule has 3 rings (SSSR count). The highest BCUT2D eigenvalue weighted by molar-refractivity contribution is 6.19. The summed E-state index contributed by atoms with van der Waals surface area (Å²) in [6.45, 7) is 3.95. The summed E-state index contributed by atoms with van der Waals surface area (Å²) in [6, 6.07) is 11.0. The maximum Gasteiger partial charge on any atom is 0.249 e. The van der Waals surface area contributed by atoms with Crippen molar-refractivity contribution in [2.24, 2.45) is 10.7 Å². The predicted octanol–water partition coefficient (Wildman–Crippen LogP) is 3.32. The third kappa shape index (κ3) is 3.50. The second-order valence-corrected chi connectivity index (χ2v) is 6.86. The lowest BCUT2D eigenvalue weighted by Crippen LogP contribution is -2.30. The number of Topliss-reactive ketones (excluding diaryl/α,β-unsaturated/α-hetero) is 1. The second kappa shape index (κ2) is 6.24. The number of rotatable bonds is 4. The summed E-state index contributed by atoms with van der Waals surface area (Å²) in [7, 11) is 0. The van der Waals surface area contributed by atoms with Crippen LogP contribution in [0.2, 0.25) is 0 Å². The maximum absolute atomic E-state index is 13.7. The Labute approximate surface area is 145 Å². The molecule has 0 saturated carbocycles. The van der Waals surface area contributed by atoms with Gasteiger partial charge in [0.15, 0.2) is 5.78 Å². The maximum atomic E-state index is 13.7. The highest BCUT2D eigenvalue weighted by atomic mass is 19.1. The molecule has 2 aromatic carbocycles. The van der Waals surface area contributed by atoms with Crippen LogP contribution in [-0.4, -0.2) is 22.9 Å². The van der Waals surface area contributed by atoms with Crippen molar-refractivity contribution >= 4 is 17.4 Å². The van der Waals surface area contributed by atoms with Crippen LogP contribution in [0, 0.1) is 5.82 Å². The number of nitrogens with two attached hydrogens (primary N) is 1. The van der Waals surface area contributed by atoms with Crippen molar-refractivity contribution in [1.29, 1.82) is 0 Å². The van der Waals surface area contributed by atoms with Crippen LogP contribution in [0.4, 0.5) is 4.39 Å². The number of carbonyl (C=O) groups excluding carboxylic acids is 2. The molecular formula is C20H19FN2O2. The molecular weight excluding hydrogens is 319 g/mol. The van der Waals surface area contributed by atoms with E-state index in [4.69, 9.17) is 5.73 Å². The van der Waals surface area contributed by atoms with Crippen molar-refractivity contribution in [1.82, 2.24) is 0 Å². The largest absolute Gasteiger partial charge is 0.366 e. The van der Waals surface area contributed by atoms with E-state index in [-0.39, 0.29) is 34.7 Å². The molecule has 0 spiro atoms. The molecule has 0 atom stereocenters. The molecule has 1 aliphatic heterocycles. The van der Waals surface area contributed by atoms with Gasteiger partial charge in [0.2, 0.25) is 5.91 Å². The summed E-state index contributed by atoms with van der Waals surface area (Å²) in [5, 5.41) is 0. The molecule has 0 bridgehead atoms. The van der Waals surface area contributed by atoms with E-state index in [9.17, 15) is 14.0 Å². The number of carbonyl (C=O) groups is 2. The number of hydrogen-bond donors (Lipinski definition) is 1. The molecule has 0 fully saturated rings. The Hall–Kier alpha value is -2.82. The first-order valence-electron chi connectivity index (χ1n) is 8.06. The molecule has 2 aromatic rings. The molecule has 0 aromatic heterocycles. The number of amides is 1. The Morgan fingerprint density at radius 3 is 2.52 bits per heavy atom. The van der Waals surface area contributed by atoms with Crippen molar-refractivity contribution in [2.75, 3.05) is 0 Å². The van der Waals surface area contributed by atoms with E-state index in [1.165, 1.54) is 18.2 Å². The van der Waals surface area contributed by atoms with Gasteiger partial charge in [-0.05, 0) is 44.0 Å². The fraction of sp³-hybridized carbons (Fsp3) is 0.250. The van der Waals surface area contributed by atoms with Gasteiger partial charge in [-0.3, -0.25) is 14.6 Å². The molecule has 0 saturated heterocycles. The lowest BCUT2D eigenvalue weighted by atomic mass is 9.85. The number of primary amides is 1. The van der Waals surface area contributed by atoms with Crippen molar-refractivity contribution in [2.45, 2.75) is 32.2 Å². The number of nitrogens with zero attached hydrogens (tertiary/aromatic N) is 1. The monoisotopic (exact) mass is 338 g/mol. The summed E-state index contributed by atoms with van der Waals surface area (Å²) < 4.78 is 13.7. The highest BCUT2D eigenvalue weighted by Crippen LogP contribution is 2.29. The van der Waals surface area contributed by atoms with Gasteiger partial charge in [-0.25, -0.2) is 4.39 Å². The quantitative estimate of drug-likeness (QED) is 0.869. The molecule has 1 amide bonds. The van der Waals surface area contributed by atoms with Gasteiger partial charge >= 0.3 is 0 Å². The van der Waals surface area contributed by atoms with Crippen LogP contribution < -0.4 is 5.73 Å².